The van der Waals surface area contributed by atoms with Crippen LogP contribution in [0.15, 0.2) is 9.85 Å². The predicted molar refractivity (Wildman–Crippen MR) is 58.5 cm³/mol. The van der Waals surface area contributed by atoms with Crippen molar-refractivity contribution in [1.82, 2.24) is 0 Å². The van der Waals surface area contributed by atoms with E-state index in [2.05, 4.69) is 42.8 Å². The molecule has 0 aliphatic heterocycles. The summed E-state index contributed by atoms with van der Waals surface area (Å²) in [5, 5.41) is 0. The van der Waals surface area contributed by atoms with E-state index >= 15 is 0 Å². The van der Waals surface area contributed by atoms with Crippen LogP contribution in [0.3, 0.4) is 0 Å². The van der Waals surface area contributed by atoms with Crippen LogP contribution in [0.25, 0.3) is 0 Å². The van der Waals surface area contributed by atoms with Crippen LogP contribution in [0.1, 0.15) is 30.3 Å². The largest absolute Gasteiger partial charge is 0.324 e. The molecule has 0 saturated carbocycles. The molecular formula is C9H14BrNS. The third-order valence-electron chi connectivity index (χ3n) is 2.00. The summed E-state index contributed by atoms with van der Waals surface area (Å²) >= 11 is 5.21. The second kappa shape index (κ2) is 3.90. The first kappa shape index (κ1) is 10.2. The lowest BCUT2D eigenvalue weighted by molar-refractivity contribution is 0.514. The second-order valence-electron chi connectivity index (χ2n) is 3.33. The molecule has 0 radical (unpaired) electrons. The Balaban J connectivity index is 2.94. The van der Waals surface area contributed by atoms with E-state index in [0.29, 0.717) is 5.92 Å². The summed E-state index contributed by atoms with van der Waals surface area (Å²) in [5.74, 6) is 0.505. The molecule has 0 bridgehead atoms. The maximum absolute atomic E-state index is 6.04. The Morgan fingerprint density at radius 3 is 2.42 bits per heavy atom. The van der Waals surface area contributed by atoms with E-state index in [1.54, 1.807) is 11.3 Å². The Morgan fingerprint density at radius 1 is 1.50 bits per heavy atom. The van der Waals surface area contributed by atoms with E-state index in [4.69, 9.17) is 5.73 Å². The number of hydrogen-bond acceptors (Lipinski definition) is 2. The smallest absolute Gasteiger partial charge is 0.0704 e. The molecule has 1 rings (SSSR count). The molecule has 0 aromatic carbocycles. The molecule has 0 aliphatic rings. The van der Waals surface area contributed by atoms with Crippen LogP contribution in [-0.2, 0) is 0 Å². The van der Waals surface area contributed by atoms with Crippen LogP contribution in [0, 0.1) is 12.8 Å². The molecule has 0 amide bonds. The van der Waals surface area contributed by atoms with Gasteiger partial charge in [0.2, 0.25) is 0 Å². The zero-order valence-corrected chi connectivity index (χ0v) is 10.00. The maximum atomic E-state index is 6.04. The summed E-state index contributed by atoms with van der Waals surface area (Å²) < 4.78 is 1.17. The minimum atomic E-state index is 0.174. The van der Waals surface area contributed by atoms with Crippen LogP contribution in [0.4, 0.5) is 0 Å². The van der Waals surface area contributed by atoms with Gasteiger partial charge in [-0.2, -0.15) is 0 Å². The van der Waals surface area contributed by atoms with Crippen LogP contribution < -0.4 is 5.73 Å². The molecule has 1 aromatic heterocycles. The van der Waals surface area contributed by atoms with Gasteiger partial charge in [-0.25, -0.2) is 0 Å². The van der Waals surface area contributed by atoms with Crippen molar-refractivity contribution >= 4 is 27.3 Å². The van der Waals surface area contributed by atoms with Gasteiger partial charge in [0.25, 0.3) is 0 Å². The van der Waals surface area contributed by atoms with Crippen molar-refractivity contribution in [3.05, 3.63) is 20.3 Å². The van der Waals surface area contributed by atoms with E-state index in [0.717, 1.165) is 0 Å². The van der Waals surface area contributed by atoms with Gasteiger partial charge in [-0.15, -0.1) is 11.3 Å². The number of thiophene rings is 1. The highest BCUT2D eigenvalue weighted by Crippen LogP contribution is 2.32. The topological polar surface area (TPSA) is 26.0 Å². The molecule has 2 N–H and O–H groups in total. The quantitative estimate of drug-likeness (QED) is 0.852. The van der Waals surface area contributed by atoms with Gasteiger partial charge in [0, 0.05) is 10.9 Å². The normalized spacial score (nSPS) is 13.8. The SMILES string of the molecule is Cc1sc(Br)cc1C(N)C(C)C. The molecular weight excluding hydrogens is 234 g/mol. The fourth-order valence-corrected chi connectivity index (χ4v) is 2.91. The molecule has 3 heteroatoms. The lowest BCUT2D eigenvalue weighted by Gasteiger charge is -2.14. The summed E-state index contributed by atoms with van der Waals surface area (Å²) in [6.07, 6.45) is 0. The minimum Gasteiger partial charge on any atom is -0.324 e. The summed E-state index contributed by atoms with van der Waals surface area (Å²) in [6, 6.07) is 2.30. The number of hydrogen-bond donors (Lipinski definition) is 1. The number of nitrogens with two attached hydrogens (primary N) is 1. The van der Waals surface area contributed by atoms with Crippen LogP contribution in [-0.4, -0.2) is 0 Å². The van der Waals surface area contributed by atoms with Gasteiger partial charge in [0.1, 0.15) is 0 Å². The van der Waals surface area contributed by atoms with Crippen molar-refractivity contribution in [3.8, 4) is 0 Å². The summed E-state index contributed by atoms with van der Waals surface area (Å²) in [6.45, 7) is 6.42. The Hall–Kier alpha value is 0.140. The van der Waals surface area contributed by atoms with Gasteiger partial charge < -0.3 is 5.73 Å². The molecule has 1 unspecified atom stereocenters. The van der Waals surface area contributed by atoms with E-state index in [9.17, 15) is 0 Å². The number of halogens is 1. The van der Waals surface area contributed by atoms with Gasteiger partial charge in [-0.05, 0) is 40.4 Å². The molecule has 68 valence electrons. The molecule has 1 heterocycles. The van der Waals surface area contributed by atoms with Crippen LogP contribution >= 0.6 is 27.3 Å². The lowest BCUT2D eigenvalue weighted by atomic mass is 9.98. The molecule has 12 heavy (non-hydrogen) atoms. The monoisotopic (exact) mass is 247 g/mol. The van der Waals surface area contributed by atoms with Crippen molar-refractivity contribution in [3.63, 3.8) is 0 Å². The van der Waals surface area contributed by atoms with Gasteiger partial charge in [0.15, 0.2) is 0 Å². The average molecular weight is 248 g/mol. The lowest BCUT2D eigenvalue weighted by Crippen LogP contribution is -2.16. The van der Waals surface area contributed by atoms with E-state index in [-0.39, 0.29) is 6.04 Å². The van der Waals surface area contributed by atoms with Crippen molar-refractivity contribution in [2.24, 2.45) is 11.7 Å². The molecule has 0 saturated heterocycles. The molecule has 0 spiro atoms. The Labute approximate surface area is 86.1 Å². The Kier molecular flexibility index (Phi) is 3.32. The molecule has 0 aliphatic carbocycles. The van der Waals surface area contributed by atoms with Crippen molar-refractivity contribution < 1.29 is 0 Å². The highest BCUT2D eigenvalue weighted by Gasteiger charge is 2.14. The molecule has 1 nitrogen and oxygen atoms in total. The van der Waals surface area contributed by atoms with Crippen molar-refractivity contribution in [2.75, 3.05) is 0 Å². The van der Waals surface area contributed by atoms with E-state index < -0.39 is 0 Å². The average Bonchev–Trinajstić information content (AvgIpc) is 2.28. The minimum absolute atomic E-state index is 0.174. The van der Waals surface area contributed by atoms with Gasteiger partial charge in [-0.1, -0.05) is 13.8 Å². The van der Waals surface area contributed by atoms with Crippen LogP contribution in [0.5, 0.6) is 0 Å². The van der Waals surface area contributed by atoms with E-state index in [1.807, 2.05) is 0 Å². The fourth-order valence-electron chi connectivity index (χ4n) is 1.15. The standard InChI is InChI=1S/C9H14BrNS/c1-5(2)9(11)7-4-8(10)12-6(7)3/h4-5,9H,11H2,1-3H3. The first-order valence-corrected chi connectivity index (χ1v) is 5.64. The third-order valence-corrected chi connectivity index (χ3v) is 3.57. The third kappa shape index (κ3) is 2.09. The van der Waals surface area contributed by atoms with Crippen molar-refractivity contribution in [1.29, 1.82) is 0 Å². The Morgan fingerprint density at radius 2 is 2.08 bits per heavy atom. The maximum Gasteiger partial charge on any atom is 0.0704 e. The molecule has 1 aromatic rings. The van der Waals surface area contributed by atoms with Gasteiger partial charge in [0.05, 0.1) is 3.79 Å². The zero-order valence-electron chi connectivity index (χ0n) is 7.60. The molecule has 1 atom stereocenters. The second-order valence-corrected chi connectivity index (χ2v) is 5.97. The first-order chi connectivity index (χ1) is 5.52. The zero-order chi connectivity index (χ0) is 9.30. The number of aryl methyl sites for hydroxylation is 1. The van der Waals surface area contributed by atoms with Crippen molar-refractivity contribution in [2.45, 2.75) is 26.8 Å². The van der Waals surface area contributed by atoms with Crippen LogP contribution in [0.2, 0.25) is 0 Å². The highest BCUT2D eigenvalue weighted by molar-refractivity contribution is 9.11. The summed E-state index contributed by atoms with van der Waals surface area (Å²) in [7, 11) is 0. The number of rotatable bonds is 2. The van der Waals surface area contributed by atoms with Gasteiger partial charge in [-0.3, -0.25) is 0 Å². The molecule has 0 fully saturated rings. The fraction of sp³-hybridized carbons (Fsp3) is 0.556. The van der Waals surface area contributed by atoms with Gasteiger partial charge >= 0.3 is 0 Å². The summed E-state index contributed by atoms with van der Waals surface area (Å²) in [5.41, 5.74) is 7.32. The predicted octanol–water partition coefficient (Wildman–Crippen LogP) is 3.47. The Bertz CT molecular complexity index is 267. The highest BCUT2D eigenvalue weighted by atomic mass is 79.9. The summed E-state index contributed by atoms with van der Waals surface area (Å²) in [4.78, 5) is 1.32. The van der Waals surface area contributed by atoms with E-state index in [1.165, 1.54) is 14.2 Å². The first-order valence-electron chi connectivity index (χ1n) is 4.03.